The smallest absolute Gasteiger partial charge is 0.443 e. The van der Waals surface area contributed by atoms with Gasteiger partial charge in [-0.15, -0.1) is 13.2 Å². The van der Waals surface area contributed by atoms with Gasteiger partial charge in [-0.2, -0.15) is 5.10 Å². The van der Waals surface area contributed by atoms with Crippen molar-refractivity contribution in [3.05, 3.63) is 35.4 Å². The Morgan fingerprint density at radius 2 is 2.00 bits per heavy atom. The number of nitrogens with one attached hydrogen (secondary N) is 3. The van der Waals surface area contributed by atoms with E-state index in [4.69, 9.17) is 4.74 Å². The summed E-state index contributed by atoms with van der Waals surface area (Å²) in [6.45, 7) is 1.19. The Labute approximate surface area is 214 Å². The maximum absolute atomic E-state index is 15.2. The Kier molecular flexibility index (Phi) is 5.96. The van der Waals surface area contributed by atoms with Crippen molar-refractivity contribution in [2.45, 2.75) is 88.1 Å². The maximum Gasteiger partial charge on any atom is 0.522 e. The van der Waals surface area contributed by atoms with Gasteiger partial charge in [-0.25, -0.2) is 19.2 Å². The van der Waals surface area contributed by atoms with E-state index in [1.807, 2.05) is 6.92 Å². The molecular weight excluding hydrogens is 510 g/mol. The zero-order valence-corrected chi connectivity index (χ0v) is 20.5. The lowest BCUT2D eigenvalue weighted by atomic mass is 10.0. The molecule has 3 atom stereocenters. The Bertz CT molecular complexity index is 1350. The first-order valence-electron chi connectivity index (χ1n) is 12.6. The van der Waals surface area contributed by atoms with Gasteiger partial charge in [-0.05, 0) is 45.4 Å². The van der Waals surface area contributed by atoms with Gasteiger partial charge in [0.25, 0.3) is 0 Å². The minimum Gasteiger partial charge on any atom is -0.443 e. The van der Waals surface area contributed by atoms with E-state index in [1.54, 1.807) is 12.1 Å². The van der Waals surface area contributed by atoms with Crippen LogP contribution in [0.4, 0.5) is 34.1 Å². The van der Waals surface area contributed by atoms with E-state index in [0.717, 1.165) is 31.4 Å². The van der Waals surface area contributed by atoms with Crippen molar-refractivity contribution in [1.29, 1.82) is 0 Å². The van der Waals surface area contributed by atoms with Crippen LogP contribution in [0.1, 0.15) is 74.4 Å². The molecule has 0 aromatic carbocycles. The van der Waals surface area contributed by atoms with Crippen LogP contribution in [0.3, 0.4) is 0 Å². The third-order valence-corrected chi connectivity index (χ3v) is 7.30. The molecule has 3 saturated carbocycles. The molecule has 3 N–H and O–H groups in total. The minimum absolute atomic E-state index is 0.0971. The molecule has 0 aliphatic heterocycles. The fraction of sp³-hybridized carbons (Fsp3) is 0.583. The molecule has 0 bridgehead atoms. The predicted octanol–water partition coefficient (Wildman–Crippen LogP) is 4.97. The van der Waals surface area contributed by atoms with Crippen LogP contribution in [0.2, 0.25) is 0 Å². The first-order valence-corrected chi connectivity index (χ1v) is 12.6. The van der Waals surface area contributed by atoms with Crippen molar-refractivity contribution in [3.8, 4) is 0 Å². The van der Waals surface area contributed by atoms with E-state index >= 15 is 4.39 Å². The molecule has 204 valence electrons. The van der Waals surface area contributed by atoms with Gasteiger partial charge in [0, 0.05) is 41.4 Å². The number of amides is 1. The van der Waals surface area contributed by atoms with Crippen molar-refractivity contribution in [1.82, 2.24) is 29.9 Å². The zero-order valence-electron chi connectivity index (χ0n) is 20.5. The Morgan fingerprint density at radius 1 is 1.21 bits per heavy atom. The van der Waals surface area contributed by atoms with E-state index in [0.29, 0.717) is 35.9 Å². The monoisotopic (exact) mass is 537 g/mol. The summed E-state index contributed by atoms with van der Waals surface area (Å²) in [6.07, 6.45) is -1.62. The summed E-state index contributed by atoms with van der Waals surface area (Å²) in [5.74, 6) is 0.421. The summed E-state index contributed by atoms with van der Waals surface area (Å²) in [6, 6.07) is 3.41. The standard InChI is InChI=1S/C24H27F4N7O3/c1-23(6-7-23)32-22(36)38-17-5-4-14(20(17)25)16-8-18(34-33-16)31-21-30-15(12-2-3-12)9-19-29-13(10-35(19)21)11-37-24(26,27)28/h8-10,12,14,17,20H,2-7,11H2,1H3,(H,32,36)(H2,30,31,33,34)/t14-,17-,20-/m0/s1. The maximum atomic E-state index is 15.2. The number of rotatable bonds is 8. The third-order valence-electron chi connectivity index (χ3n) is 7.30. The fourth-order valence-electron chi connectivity index (χ4n) is 4.76. The van der Waals surface area contributed by atoms with E-state index in [9.17, 15) is 18.0 Å². The predicted molar refractivity (Wildman–Crippen MR) is 126 cm³/mol. The highest BCUT2D eigenvalue weighted by Gasteiger charge is 2.43. The molecule has 3 aromatic rings. The van der Waals surface area contributed by atoms with Crippen molar-refractivity contribution in [3.63, 3.8) is 0 Å². The van der Waals surface area contributed by atoms with E-state index < -0.39 is 37.3 Å². The topological polar surface area (TPSA) is 118 Å². The number of alkyl halides is 4. The first-order chi connectivity index (χ1) is 18.1. The molecular formula is C24H27F4N7O3. The molecule has 3 fully saturated rings. The van der Waals surface area contributed by atoms with Crippen LogP contribution >= 0.6 is 0 Å². The molecule has 10 nitrogen and oxygen atoms in total. The van der Waals surface area contributed by atoms with Crippen molar-refractivity contribution < 1.29 is 31.8 Å². The van der Waals surface area contributed by atoms with Crippen LogP contribution < -0.4 is 10.6 Å². The molecule has 3 heterocycles. The molecule has 3 aliphatic rings. The van der Waals surface area contributed by atoms with Gasteiger partial charge in [0.1, 0.15) is 17.9 Å². The SMILES string of the molecule is CC1(NC(=O)O[C@H]2CC[C@@H](c3cc(Nc4nc(C5CC5)cc5nc(COC(F)(F)F)cn45)n[nH]3)[C@@H]2F)CC1. The van der Waals surface area contributed by atoms with Crippen LogP contribution in [0, 0.1) is 0 Å². The molecule has 38 heavy (non-hydrogen) atoms. The second-order valence-corrected chi connectivity index (χ2v) is 10.6. The molecule has 0 saturated heterocycles. The average molecular weight is 538 g/mol. The summed E-state index contributed by atoms with van der Waals surface area (Å²) in [7, 11) is 0. The van der Waals surface area contributed by atoms with Crippen LogP contribution in [0.5, 0.6) is 0 Å². The van der Waals surface area contributed by atoms with E-state index in [2.05, 4.69) is 35.5 Å². The number of halogens is 4. The average Bonchev–Trinajstić information content (AvgIpc) is 3.68. The number of anilines is 2. The number of carbonyl (C=O) groups is 1. The first kappa shape index (κ1) is 24.9. The highest BCUT2D eigenvalue weighted by molar-refractivity contribution is 5.69. The van der Waals surface area contributed by atoms with E-state index in [-0.39, 0.29) is 17.2 Å². The zero-order chi connectivity index (χ0) is 26.7. The Balaban J connectivity index is 1.16. The molecule has 3 aromatic heterocycles. The summed E-state index contributed by atoms with van der Waals surface area (Å²) in [4.78, 5) is 21.0. The molecule has 1 amide bonds. The largest absolute Gasteiger partial charge is 0.522 e. The lowest BCUT2D eigenvalue weighted by molar-refractivity contribution is -0.330. The number of carbonyl (C=O) groups excluding carboxylic acids is 1. The number of alkyl carbamates (subject to hydrolysis) is 1. The number of fused-ring (bicyclic) bond motifs is 1. The summed E-state index contributed by atoms with van der Waals surface area (Å²) >= 11 is 0. The normalized spacial score (nSPS) is 24.5. The number of nitrogens with zero attached hydrogens (tertiary/aromatic N) is 4. The molecule has 0 radical (unpaired) electrons. The van der Waals surface area contributed by atoms with Crippen LogP contribution in [-0.2, 0) is 16.1 Å². The van der Waals surface area contributed by atoms with Crippen molar-refractivity contribution >= 4 is 23.5 Å². The second kappa shape index (κ2) is 9.10. The van der Waals surface area contributed by atoms with E-state index in [1.165, 1.54) is 10.6 Å². The van der Waals surface area contributed by atoms with Gasteiger partial charge < -0.3 is 15.4 Å². The number of hydrogen-bond acceptors (Lipinski definition) is 7. The van der Waals surface area contributed by atoms with Crippen LogP contribution in [0.25, 0.3) is 5.65 Å². The minimum atomic E-state index is -4.77. The third kappa shape index (κ3) is 5.40. The van der Waals surface area contributed by atoms with Crippen molar-refractivity contribution in [2.24, 2.45) is 0 Å². The Morgan fingerprint density at radius 3 is 2.71 bits per heavy atom. The number of H-pyrrole nitrogens is 1. The highest BCUT2D eigenvalue weighted by atomic mass is 19.4. The fourth-order valence-corrected chi connectivity index (χ4v) is 4.76. The summed E-state index contributed by atoms with van der Waals surface area (Å²) in [5, 5.41) is 12.9. The van der Waals surface area contributed by atoms with Gasteiger partial charge in [0.15, 0.2) is 5.82 Å². The molecule has 0 spiro atoms. The van der Waals surface area contributed by atoms with Crippen LogP contribution in [0.15, 0.2) is 18.3 Å². The van der Waals surface area contributed by atoms with Gasteiger partial charge >= 0.3 is 12.5 Å². The second-order valence-electron chi connectivity index (χ2n) is 10.6. The van der Waals surface area contributed by atoms with Crippen LogP contribution in [-0.4, -0.2) is 54.8 Å². The lowest BCUT2D eigenvalue weighted by Crippen LogP contribution is -2.38. The number of hydrogen-bond donors (Lipinski definition) is 3. The Hall–Kier alpha value is -3.42. The number of ether oxygens (including phenoxy) is 2. The van der Waals surface area contributed by atoms with Gasteiger partial charge in [-0.3, -0.25) is 14.2 Å². The van der Waals surface area contributed by atoms with Gasteiger partial charge in [0.05, 0.1) is 18.0 Å². The number of aromatic nitrogens is 5. The lowest BCUT2D eigenvalue weighted by Gasteiger charge is -2.19. The highest BCUT2D eigenvalue weighted by Crippen LogP contribution is 2.41. The quantitative estimate of drug-likeness (QED) is 0.347. The van der Waals surface area contributed by atoms with Gasteiger partial charge in [0.2, 0.25) is 5.95 Å². The van der Waals surface area contributed by atoms with Gasteiger partial charge in [-0.1, -0.05) is 0 Å². The van der Waals surface area contributed by atoms with Crippen molar-refractivity contribution in [2.75, 3.05) is 5.32 Å². The number of imidazole rings is 1. The molecule has 6 rings (SSSR count). The number of aromatic amines is 1. The molecule has 3 aliphatic carbocycles. The molecule has 14 heteroatoms. The molecule has 0 unspecified atom stereocenters. The summed E-state index contributed by atoms with van der Waals surface area (Å²) in [5.41, 5.74) is 1.60. The summed E-state index contributed by atoms with van der Waals surface area (Å²) < 4.78 is 63.5.